The van der Waals surface area contributed by atoms with Gasteiger partial charge in [-0.15, -0.1) is 0 Å². The van der Waals surface area contributed by atoms with Crippen LogP contribution in [0.25, 0.3) is 0 Å². The molecule has 1 heterocycles. The molecule has 0 N–H and O–H groups in total. The predicted octanol–water partition coefficient (Wildman–Crippen LogP) is 4.57. The minimum absolute atomic E-state index is 0.0125. The van der Waals surface area contributed by atoms with E-state index in [-0.39, 0.29) is 39.8 Å². The third kappa shape index (κ3) is 5.80. The normalized spacial score (nSPS) is 19.7. The Morgan fingerprint density at radius 2 is 1.69 bits per heavy atom. The minimum atomic E-state index is -5.92. The van der Waals surface area contributed by atoms with Crippen LogP contribution in [0.3, 0.4) is 0 Å². The van der Waals surface area contributed by atoms with Crippen molar-refractivity contribution in [3.63, 3.8) is 0 Å². The van der Waals surface area contributed by atoms with Gasteiger partial charge in [0, 0.05) is 18.7 Å². The van der Waals surface area contributed by atoms with Gasteiger partial charge in [0.2, 0.25) is 0 Å². The number of carbonyl (C=O) groups excluding carboxylic acids is 2. The second-order valence-corrected chi connectivity index (χ2v) is 12.2. The summed E-state index contributed by atoms with van der Waals surface area (Å²) in [4.78, 5) is 26.7. The molecule has 2 aliphatic rings. The first-order valence-corrected chi connectivity index (χ1v) is 13.3. The molecule has 1 aromatic carbocycles. The highest BCUT2D eigenvalue weighted by molar-refractivity contribution is 7.93. The summed E-state index contributed by atoms with van der Waals surface area (Å²) in [6.45, 7) is 6.75. The molecule has 1 aliphatic carbocycles. The average Bonchev–Trinajstić information content (AvgIpc) is 3.38. The van der Waals surface area contributed by atoms with Gasteiger partial charge in [-0.25, -0.2) is 4.31 Å². The van der Waals surface area contributed by atoms with Gasteiger partial charge in [0.15, 0.2) is 6.73 Å². The molecule has 0 radical (unpaired) electrons. The van der Waals surface area contributed by atoms with Crippen LogP contribution < -0.4 is 9.21 Å². The maximum Gasteiger partial charge on any atom is 0.516 e. The van der Waals surface area contributed by atoms with Gasteiger partial charge in [-0.05, 0) is 64.7 Å². The van der Waals surface area contributed by atoms with Crippen molar-refractivity contribution in [1.29, 1.82) is 0 Å². The molecule has 1 amide bonds. The zero-order valence-corrected chi connectivity index (χ0v) is 22.0. The van der Waals surface area contributed by atoms with Crippen molar-refractivity contribution in [3.8, 4) is 0 Å². The molecule has 1 aromatic rings. The Balaban J connectivity index is 1.97. The molecule has 1 saturated heterocycles. The fourth-order valence-electron chi connectivity index (χ4n) is 4.39. The van der Waals surface area contributed by atoms with E-state index in [1.807, 2.05) is 0 Å². The number of halogens is 3. The Labute approximate surface area is 209 Å². The summed E-state index contributed by atoms with van der Waals surface area (Å²) in [6.07, 6.45) is 3.63. The molecule has 0 bridgehead atoms. The van der Waals surface area contributed by atoms with Crippen LogP contribution in [0, 0.1) is 19.3 Å². The van der Waals surface area contributed by atoms with Crippen LogP contribution >= 0.6 is 0 Å². The number of anilines is 2. The fraction of sp³-hybridized carbons (Fsp3) is 0.667. The van der Waals surface area contributed by atoms with E-state index in [2.05, 4.69) is 0 Å². The van der Waals surface area contributed by atoms with Crippen molar-refractivity contribution in [2.45, 2.75) is 84.4 Å². The van der Waals surface area contributed by atoms with Crippen LogP contribution in [0.4, 0.5) is 24.5 Å². The SMILES string of the molecule is Cc1cc(C)c(N(COC(=O)C(C)(C)C)S(=O)(=O)C(F)(F)F)cc1N1CCC(OC2CCCC2)C1=O. The summed E-state index contributed by atoms with van der Waals surface area (Å²) in [7, 11) is -5.92. The number of alkyl halides is 3. The molecular formula is C24H33F3N2O6S. The number of benzene rings is 1. The highest BCUT2D eigenvalue weighted by Crippen LogP contribution is 2.38. The van der Waals surface area contributed by atoms with Crippen LogP contribution in [0.1, 0.15) is 64.0 Å². The van der Waals surface area contributed by atoms with E-state index in [0.29, 0.717) is 12.0 Å². The largest absolute Gasteiger partial charge is 0.516 e. The van der Waals surface area contributed by atoms with Gasteiger partial charge in [-0.1, -0.05) is 18.9 Å². The molecule has 8 nitrogen and oxygen atoms in total. The fourth-order valence-corrected chi connectivity index (χ4v) is 5.29. The number of hydrogen-bond donors (Lipinski definition) is 0. The Kier molecular flexibility index (Phi) is 8.00. The van der Waals surface area contributed by atoms with Crippen LogP contribution in [-0.4, -0.2) is 51.3 Å². The smallest absolute Gasteiger partial charge is 0.443 e. The molecular weight excluding hydrogens is 501 g/mol. The third-order valence-corrected chi connectivity index (χ3v) is 7.86. The van der Waals surface area contributed by atoms with Crippen molar-refractivity contribution in [1.82, 2.24) is 0 Å². The average molecular weight is 535 g/mol. The number of ether oxygens (including phenoxy) is 2. The van der Waals surface area contributed by atoms with Crippen LogP contribution in [-0.2, 0) is 29.1 Å². The zero-order chi connectivity index (χ0) is 27.1. The van der Waals surface area contributed by atoms with E-state index < -0.39 is 39.8 Å². The van der Waals surface area contributed by atoms with Crippen molar-refractivity contribution >= 4 is 33.3 Å². The lowest BCUT2D eigenvalue weighted by molar-refractivity contribution is -0.152. The molecule has 1 saturated carbocycles. The first-order chi connectivity index (χ1) is 16.5. The molecule has 1 atom stereocenters. The number of amides is 1. The van der Waals surface area contributed by atoms with Crippen LogP contribution in [0.2, 0.25) is 0 Å². The Morgan fingerprint density at radius 3 is 2.25 bits per heavy atom. The van der Waals surface area contributed by atoms with Gasteiger partial charge in [0.1, 0.15) is 6.10 Å². The molecule has 3 rings (SSSR count). The van der Waals surface area contributed by atoms with E-state index in [4.69, 9.17) is 9.47 Å². The second-order valence-electron chi connectivity index (χ2n) is 10.3. The number of rotatable bonds is 7. The molecule has 0 aromatic heterocycles. The van der Waals surface area contributed by atoms with Gasteiger partial charge >= 0.3 is 21.5 Å². The highest BCUT2D eigenvalue weighted by atomic mass is 32.2. The molecule has 36 heavy (non-hydrogen) atoms. The summed E-state index contributed by atoms with van der Waals surface area (Å²) >= 11 is 0. The Hall–Kier alpha value is -2.34. The minimum Gasteiger partial charge on any atom is -0.443 e. The third-order valence-electron chi connectivity index (χ3n) is 6.40. The van der Waals surface area contributed by atoms with Crippen molar-refractivity contribution in [3.05, 3.63) is 23.3 Å². The summed E-state index contributed by atoms with van der Waals surface area (Å²) < 4.78 is 76.8. The molecule has 1 aliphatic heterocycles. The predicted molar refractivity (Wildman–Crippen MR) is 128 cm³/mol. The lowest BCUT2D eigenvalue weighted by Gasteiger charge is -2.29. The van der Waals surface area contributed by atoms with Gasteiger partial charge in [-0.3, -0.25) is 9.59 Å². The quantitative estimate of drug-likeness (QED) is 0.376. The van der Waals surface area contributed by atoms with E-state index in [1.54, 1.807) is 6.92 Å². The summed E-state index contributed by atoms with van der Waals surface area (Å²) in [5.41, 5.74) is -5.95. The summed E-state index contributed by atoms with van der Waals surface area (Å²) in [6, 6.07) is 2.74. The lowest BCUT2D eigenvalue weighted by atomic mass is 9.98. The Morgan fingerprint density at radius 1 is 1.08 bits per heavy atom. The molecule has 2 fully saturated rings. The van der Waals surface area contributed by atoms with E-state index in [0.717, 1.165) is 25.7 Å². The topological polar surface area (TPSA) is 93.2 Å². The monoisotopic (exact) mass is 534 g/mol. The Bertz CT molecular complexity index is 1110. The number of hydrogen-bond acceptors (Lipinski definition) is 6. The van der Waals surface area contributed by atoms with Crippen LogP contribution in [0.15, 0.2) is 12.1 Å². The van der Waals surface area contributed by atoms with Gasteiger partial charge < -0.3 is 14.4 Å². The zero-order valence-electron chi connectivity index (χ0n) is 21.1. The van der Waals surface area contributed by atoms with Gasteiger partial charge in [0.05, 0.1) is 17.2 Å². The van der Waals surface area contributed by atoms with E-state index in [1.165, 1.54) is 44.7 Å². The van der Waals surface area contributed by atoms with Crippen molar-refractivity contribution in [2.24, 2.45) is 5.41 Å². The first-order valence-electron chi connectivity index (χ1n) is 11.9. The van der Waals surface area contributed by atoms with Crippen LogP contribution in [0.5, 0.6) is 0 Å². The molecule has 12 heteroatoms. The van der Waals surface area contributed by atoms with Crippen molar-refractivity contribution in [2.75, 3.05) is 22.5 Å². The number of aryl methyl sites for hydroxylation is 2. The van der Waals surface area contributed by atoms with Gasteiger partial charge in [-0.2, -0.15) is 21.6 Å². The first kappa shape index (κ1) is 28.2. The number of esters is 1. The maximum absolute atomic E-state index is 13.6. The summed E-state index contributed by atoms with van der Waals surface area (Å²) in [5, 5.41) is 0. The lowest BCUT2D eigenvalue weighted by Crippen LogP contribution is -2.44. The second kappa shape index (κ2) is 10.2. The van der Waals surface area contributed by atoms with Gasteiger partial charge in [0.25, 0.3) is 5.91 Å². The molecule has 202 valence electrons. The number of sulfonamides is 1. The standard InChI is InChI=1S/C24H33F3N2O6S/c1-15-12-16(2)19(29(36(32,33)24(25,26)27)14-34-22(31)23(3,4)5)13-18(15)28-11-10-20(21(28)30)35-17-8-6-7-9-17/h12-13,17,20H,6-11,14H2,1-5H3. The number of carbonyl (C=O) groups is 2. The molecule has 1 unspecified atom stereocenters. The van der Waals surface area contributed by atoms with E-state index in [9.17, 15) is 31.2 Å². The van der Waals surface area contributed by atoms with Crippen molar-refractivity contribution < 1.29 is 40.7 Å². The highest BCUT2D eigenvalue weighted by Gasteiger charge is 2.51. The van der Waals surface area contributed by atoms with E-state index >= 15 is 0 Å². The maximum atomic E-state index is 13.6. The number of nitrogens with zero attached hydrogens (tertiary/aromatic N) is 2. The molecule has 0 spiro atoms. The summed E-state index contributed by atoms with van der Waals surface area (Å²) in [5.74, 6) is -1.18.